The van der Waals surface area contributed by atoms with Crippen molar-refractivity contribution in [3.63, 3.8) is 0 Å². The highest BCUT2D eigenvalue weighted by Crippen LogP contribution is 2.33. The molecule has 0 amide bonds. The van der Waals surface area contributed by atoms with Crippen LogP contribution >= 0.6 is 11.3 Å². The number of nitrogens with zero attached hydrogens (tertiary/aromatic N) is 2. The summed E-state index contributed by atoms with van der Waals surface area (Å²) in [7, 11) is -3.61. The molecule has 8 heteroatoms. The van der Waals surface area contributed by atoms with Crippen LogP contribution in [0.15, 0.2) is 18.2 Å². The van der Waals surface area contributed by atoms with Gasteiger partial charge in [0.1, 0.15) is 0 Å². The Hall–Kier alpha value is -1.22. The average molecular weight is 340 g/mol. The van der Waals surface area contributed by atoms with Crippen molar-refractivity contribution in [2.24, 2.45) is 11.1 Å². The van der Waals surface area contributed by atoms with Gasteiger partial charge in [-0.1, -0.05) is 23.5 Å². The Bertz CT molecular complexity index is 772. The number of benzene rings is 1. The standard InChI is InChI=1S/C14H20N4O2S2/c1-10-4-2-6-12-13(10)21-14(17-12)18-7-3-5-11(9-18)8-16-22(15,19)20/h2,4,6,11,16H,3,5,7-9H2,1H3,(H2,15,19,20). The molecule has 1 atom stereocenters. The summed E-state index contributed by atoms with van der Waals surface area (Å²) in [5, 5.41) is 6.02. The Kier molecular flexibility index (Phi) is 4.35. The van der Waals surface area contributed by atoms with Crippen LogP contribution in [0.3, 0.4) is 0 Å². The smallest absolute Gasteiger partial charge is 0.274 e. The number of rotatable bonds is 4. The van der Waals surface area contributed by atoms with Gasteiger partial charge in [-0.15, -0.1) is 0 Å². The largest absolute Gasteiger partial charge is 0.348 e. The molecule has 1 aliphatic rings. The Morgan fingerprint density at radius 1 is 1.50 bits per heavy atom. The summed E-state index contributed by atoms with van der Waals surface area (Å²) in [6.45, 7) is 4.25. The van der Waals surface area contributed by atoms with Gasteiger partial charge >= 0.3 is 0 Å². The van der Waals surface area contributed by atoms with E-state index < -0.39 is 10.2 Å². The topological polar surface area (TPSA) is 88.3 Å². The fourth-order valence-corrected chi connectivity index (χ4v) is 4.39. The zero-order chi connectivity index (χ0) is 15.7. The molecule has 0 spiro atoms. The molecule has 0 saturated carbocycles. The van der Waals surface area contributed by atoms with Crippen molar-refractivity contribution < 1.29 is 8.42 Å². The zero-order valence-corrected chi connectivity index (χ0v) is 14.1. The minimum Gasteiger partial charge on any atom is -0.348 e. The van der Waals surface area contributed by atoms with Crippen LogP contribution in [-0.2, 0) is 10.2 Å². The minimum absolute atomic E-state index is 0.264. The molecule has 3 N–H and O–H groups in total. The van der Waals surface area contributed by atoms with Crippen molar-refractivity contribution in [3.8, 4) is 0 Å². The van der Waals surface area contributed by atoms with Gasteiger partial charge in [-0.25, -0.2) is 14.8 Å². The molecule has 2 heterocycles. The van der Waals surface area contributed by atoms with Crippen LogP contribution in [0.5, 0.6) is 0 Å². The van der Waals surface area contributed by atoms with Gasteiger partial charge in [-0.05, 0) is 37.3 Å². The van der Waals surface area contributed by atoms with Crippen molar-refractivity contribution >= 4 is 36.9 Å². The molecule has 1 unspecified atom stereocenters. The molecule has 0 aliphatic carbocycles. The molecule has 3 rings (SSSR count). The van der Waals surface area contributed by atoms with Crippen molar-refractivity contribution in [2.45, 2.75) is 19.8 Å². The van der Waals surface area contributed by atoms with Crippen molar-refractivity contribution in [1.29, 1.82) is 0 Å². The summed E-state index contributed by atoms with van der Waals surface area (Å²) in [5.41, 5.74) is 2.27. The first kappa shape index (κ1) is 15.7. The van der Waals surface area contributed by atoms with Crippen LogP contribution in [0.4, 0.5) is 5.13 Å². The number of nitrogens with one attached hydrogen (secondary N) is 1. The SMILES string of the molecule is Cc1cccc2nc(N3CCCC(CNS(N)(=O)=O)C3)sc12. The van der Waals surface area contributed by atoms with Gasteiger partial charge in [0, 0.05) is 19.6 Å². The summed E-state index contributed by atoms with van der Waals surface area (Å²) in [5.74, 6) is 0.264. The molecule has 2 aromatic rings. The molecule has 1 aromatic heterocycles. The van der Waals surface area contributed by atoms with Crippen LogP contribution in [0.1, 0.15) is 18.4 Å². The maximum Gasteiger partial charge on any atom is 0.274 e. The third-order valence-electron chi connectivity index (χ3n) is 3.96. The van der Waals surface area contributed by atoms with E-state index in [1.54, 1.807) is 11.3 Å². The molecular formula is C14H20N4O2S2. The van der Waals surface area contributed by atoms with E-state index in [0.717, 1.165) is 36.6 Å². The number of hydrogen-bond acceptors (Lipinski definition) is 5. The lowest BCUT2D eigenvalue weighted by molar-refractivity contribution is 0.411. The van der Waals surface area contributed by atoms with Gasteiger partial charge in [0.2, 0.25) is 0 Å². The van der Waals surface area contributed by atoms with Crippen molar-refractivity contribution in [3.05, 3.63) is 23.8 Å². The first-order valence-electron chi connectivity index (χ1n) is 7.31. The van der Waals surface area contributed by atoms with E-state index in [1.807, 2.05) is 12.1 Å². The van der Waals surface area contributed by atoms with Crippen LogP contribution < -0.4 is 14.8 Å². The number of piperidine rings is 1. The van der Waals surface area contributed by atoms with Gasteiger partial charge in [-0.2, -0.15) is 8.42 Å². The summed E-state index contributed by atoms with van der Waals surface area (Å²) in [4.78, 5) is 6.97. The Morgan fingerprint density at radius 2 is 2.32 bits per heavy atom. The molecule has 22 heavy (non-hydrogen) atoms. The molecule has 1 aromatic carbocycles. The van der Waals surface area contributed by atoms with Gasteiger partial charge in [0.05, 0.1) is 10.2 Å². The van der Waals surface area contributed by atoms with Gasteiger partial charge in [0.15, 0.2) is 5.13 Å². The second-order valence-corrected chi connectivity index (χ2v) is 8.12. The van der Waals surface area contributed by atoms with Crippen LogP contribution in [0.2, 0.25) is 0 Å². The molecule has 0 radical (unpaired) electrons. The van der Waals surface area contributed by atoms with E-state index >= 15 is 0 Å². The number of nitrogens with two attached hydrogens (primary N) is 1. The lowest BCUT2D eigenvalue weighted by atomic mass is 9.99. The number of aryl methyl sites for hydroxylation is 1. The quantitative estimate of drug-likeness (QED) is 0.885. The highest BCUT2D eigenvalue weighted by Gasteiger charge is 2.23. The third-order valence-corrected chi connectivity index (χ3v) is 5.80. The summed E-state index contributed by atoms with van der Waals surface area (Å²) in [6.07, 6.45) is 2.04. The molecule has 120 valence electrons. The number of aromatic nitrogens is 1. The molecule has 6 nitrogen and oxygen atoms in total. The highest BCUT2D eigenvalue weighted by atomic mass is 32.2. The molecule has 1 fully saturated rings. The first-order chi connectivity index (χ1) is 10.4. The Morgan fingerprint density at radius 3 is 3.05 bits per heavy atom. The van der Waals surface area contributed by atoms with E-state index in [4.69, 9.17) is 10.1 Å². The van der Waals surface area contributed by atoms with E-state index in [9.17, 15) is 8.42 Å². The van der Waals surface area contributed by atoms with Gasteiger partial charge in [0.25, 0.3) is 10.2 Å². The lowest BCUT2D eigenvalue weighted by Crippen LogP contribution is -2.42. The molecule has 1 aliphatic heterocycles. The van der Waals surface area contributed by atoms with Crippen LogP contribution in [0.25, 0.3) is 10.2 Å². The number of hydrogen-bond donors (Lipinski definition) is 2. The lowest BCUT2D eigenvalue weighted by Gasteiger charge is -2.32. The van der Waals surface area contributed by atoms with E-state index in [-0.39, 0.29) is 5.92 Å². The fraction of sp³-hybridized carbons (Fsp3) is 0.500. The monoisotopic (exact) mass is 340 g/mol. The maximum absolute atomic E-state index is 11.0. The third kappa shape index (κ3) is 3.57. The van der Waals surface area contributed by atoms with E-state index in [2.05, 4.69) is 22.6 Å². The summed E-state index contributed by atoms with van der Waals surface area (Å²) in [6, 6.07) is 6.15. The van der Waals surface area contributed by atoms with Gasteiger partial charge in [-0.3, -0.25) is 0 Å². The fourth-order valence-electron chi connectivity index (χ4n) is 2.85. The molecule has 0 bridgehead atoms. The molecule has 1 saturated heterocycles. The maximum atomic E-state index is 11.0. The Labute approximate surface area is 134 Å². The zero-order valence-electron chi connectivity index (χ0n) is 12.4. The predicted molar refractivity (Wildman–Crippen MR) is 90.4 cm³/mol. The summed E-state index contributed by atoms with van der Waals surface area (Å²) >= 11 is 1.71. The number of thiazole rings is 1. The van der Waals surface area contributed by atoms with E-state index in [0.29, 0.717) is 6.54 Å². The van der Waals surface area contributed by atoms with Crippen molar-refractivity contribution in [2.75, 3.05) is 24.5 Å². The first-order valence-corrected chi connectivity index (χ1v) is 9.67. The van der Waals surface area contributed by atoms with Crippen LogP contribution in [0, 0.1) is 12.8 Å². The average Bonchev–Trinajstić information content (AvgIpc) is 2.90. The normalized spacial score (nSPS) is 19.7. The van der Waals surface area contributed by atoms with Crippen molar-refractivity contribution in [1.82, 2.24) is 9.71 Å². The second-order valence-electron chi connectivity index (χ2n) is 5.77. The minimum atomic E-state index is -3.61. The second kappa shape index (κ2) is 6.11. The number of fused-ring (bicyclic) bond motifs is 1. The molecular weight excluding hydrogens is 320 g/mol. The highest BCUT2D eigenvalue weighted by molar-refractivity contribution is 7.87. The Balaban J connectivity index is 1.74. The number of anilines is 1. The van der Waals surface area contributed by atoms with Crippen LogP contribution in [-0.4, -0.2) is 33.0 Å². The summed E-state index contributed by atoms with van der Waals surface area (Å²) < 4.78 is 25.7. The van der Waals surface area contributed by atoms with Gasteiger partial charge < -0.3 is 4.90 Å². The predicted octanol–water partition coefficient (Wildman–Crippen LogP) is 1.61. The van der Waals surface area contributed by atoms with E-state index in [1.165, 1.54) is 10.3 Å².